The van der Waals surface area contributed by atoms with Crippen molar-refractivity contribution in [1.82, 2.24) is 9.80 Å². The smallest absolute Gasteiger partial charge is 0.261 e. The summed E-state index contributed by atoms with van der Waals surface area (Å²) in [6, 6.07) is 11.4. The van der Waals surface area contributed by atoms with E-state index in [1.807, 2.05) is 36.4 Å². The van der Waals surface area contributed by atoms with Crippen LogP contribution in [-0.2, 0) is 0 Å². The molecule has 0 bridgehead atoms. The highest BCUT2D eigenvalue weighted by Gasteiger charge is 2.38. The predicted octanol–water partition coefficient (Wildman–Crippen LogP) is 12.8. The molecule has 4 amide bonds. The topological polar surface area (TPSA) is 93.2 Å². The summed E-state index contributed by atoms with van der Waals surface area (Å²) >= 11 is 0. The van der Waals surface area contributed by atoms with E-state index in [9.17, 15) is 19.2 Å². The summed E-state index contributed by atoms with van der Waals surface area (Å²) < 4.78 is 13.6. The largest absolute Gasteiger partial charge is 0.493 e. The van der Waals surface area contributed by atoms with E-state index in [-0.39, 0.29) is 23.6 Å². The number of imide groups is 2. The molecule has 2 aliphatic heterocycles. The summed E-state index contributed by atoms with van der Waals surface area (Å²) in [5.41, 5.74) is 1.96. The van der Waals surface area contributed by atoms with Gasteiger partial charge in [0.15, 0.2) is 0 Å². The Balaban J connectivity index is 1.46. The van der Waals surface area contributed by atoms with Gasteiger partial charge in [-0.05, 0) is 60.7 Å². The zero-order valence-electron chi connectivity index (χ0n) is 35.4. The lowest BCUT2D eigenvalue weighted by molar-refractivity contribution is 0.0592. The van der Waals surface area contributed by atoms with Crippen molar-refractivity contribution in [1.29, 1.82) is 0 Å². The van der Waals surface area contributed by atoms with Crippen LogP contribution in [0.2, 0.25) is 0 Å². The van der Waals surface area contributed by atoms with Gasteiger partial charge in [0.05, 0.1) is 24.3 Å². The number of hydrogen-bond donors (Lipinski definition) is 0. The van der Waals surface area contributed by atoms with E-state index >= 15 is 0 Å². The zero-order chi connectivity index (χ0) is 40.8. The normalized spacial score (nSPS) is 14.1. The fourth-order valence-electron chi connectivity index (χ4n) is 9.29. The Kier molecular flexibility index (Phi) is 13.5. The van der Waals surface area contributed by atoms with Gasteiger partial charge in [-0.2, -0.15) is 0 Å². The van der Waals surface area contributed by atoms with Gasteiger partial charge >= 0.3 is 0 Å². The molecular weight excluding hydrogens is 725 g/mol. The zero-order valence-corrected chi connectivity index (χ0v) is 35.4. The minimum atomic E-state index is -0.295. The number of amides is 4. The number of hydrogen-bond acceptors (Lipinski definition) is 6. The van der Waals surface area contributed by atoms with E-state index in [1.165, 1.54) is 48.3 Å². The van der Waals surface area contributed by atoms with Crippen LogP contribution in [0.15, 0.2) is 36.4 Å². The fraction of sp³-hybridized carbons (Fsp3) is 0.520. The third-order valence-electron chi connectivity index (χ3n) is 12.4. The van der Waals surface area contributed by atoms with Crippen molar-refractivity contribution in [2.24, 2.45) is 0 Å². The standard InChI is InChI=1S/C50H62N2O6/c1-5-9-13-15-17-21-29-57-39-31-37-41-35(47(53)51(49(37)55)27-19-11-7-3)25-23-33-34-24-26-36-42-38(50(56)52(48(36)54)28-20-12-8-4)32-40(46(44(34)42)45(39)43(33)41)58-30-22-18-16-14-10-6-2/h23-26,31-32H,5-22,27-30H2,1-4H3. The monoisotopic (exact) mass is 786 g/mol. The van der Waals surface area contributed by atoms with Crippen LogP contribution < -0.4 is 9.47 Å². The van der Waals surface area contributed by atoms with Crippen LogP contribution in [0.25, 0.3) is 43.1 Å². The molecule has 8 heteroatoms. The average molecular weight is 787 g/mol. The first-order valence-electron chi connectivity index (χ1n) is 22.6. The molecule has 0 N–H and O–H groups in total. The van der Waals surface area contributed by atoms with Crippen LogP contribution in [-0.4, -0.2) is 59.7 Å². The first kappa shape index (κ1) is 41.4. The molecule has 58 heavy (non-hydrogen) atoms. The molecule has 0 saturated heterocycles. The summed E-state index contributed by atoms with van der Waals surface area (Å²) in [5, 5.41) is 6.08. The maximum absolute atomic E-state index is 14.4. The Morgan fingerprint density at radius 2 is 0.724 bits per heavy atom. The maximum Gasteiger partial charge on any atom is 0.261 e. The molecule has 2 heterocycles. The number of benzene rings is 5. The summed E-state index contributed by atoms with van der Waals surface area (Å²) in [4.78, 5) is 60.1. The van der Waals surface area contributed by atoms with Crippen molar-refractivity contribution in [2.75, 3.05) is 26.3 Å². The van der Waals surface area contributed by atoms with E-state index in [0.29, 0.717) is 70.8 Å². The van der Waals surface area contributed by atoms with Gasteiger partial charge in [-0.1, -0.05) is 130 Å². The molecule has 0 atom stereocenters. The van der Waals surface area contributed by atoms with Crippen LogP contribution in [0.5, 0.6) is 11.5 Å². The van der Waals surface area contributed by atoms with E-state index in [0.717, 1.165) is 109 Å². The Hall–Kier alpha value is -4.72. The highest BCUT2D eigenvalue weighted by atomic mass is 16.5. The van der Waals surface area contributed by atoms with Crippen molar-refractivity contribution >= 4 is 66.7 Å². The van der Waals surface area contributed by atoms with E-state index < -0.39 is 0 Å². The number of carbonyl (C=O) groups excluding carboxylic acids is 4. The van der Waals surface area contributed by atoms with Crippen LogP contribution in [0.1, 0.15) is 185 Å². The number of fused-ring (bicyclic) bond motifs is 2. The van der Waals surface area contributed by atoms with Gasteiger partial charge in [-0.3, -0.25) is 29.0 Å². The Morgan fingerprint density at radius 1 is 0.379 bits per heavy atom. The summed E-state index contributed by atoms with van der Waals surface area (Å²) in [7, 11) is 0. The molecule has 5 aromatic carbocycles. The third-order valence-corrected chi connectivity index (χ3v) is 12.4. The van der Waals surface area contributed by atoms with Crippen LogP contribution in [0, 0.1) is 0 Å². The van der Waals surface area contributed by atoms with Gasteiger partial charge in [0, 0.05) is 56.5 Å². The molecule has 0 unspecified atom stereocenters. The van der Waals surface area contributed by atoms with Gasteiger partial charge in [0.1, 0.15) is 11.5 Å². The SMILES string of the molecule is CCCCCCCCOc1cc2c3c(ccc4c5ccc6c7c(cc(OCCCCCCCC)c(c1c34)c75)C(=O)N(CCCCC)C6=O)C(=O)N(CCCCC)C2=O. The van der Waals surface area contributed by atoms with E-state index in [4.69, 9.17) is 9.47 Å². The van der Waals surface area contributed by atoms with Crippen molar-refractivity contribution in [3.8, 4) is 11.5 Å². The Morgan fingerprint density at radius 3 is 1.12 bits per heavy atom. The maximum atomic E-state index is 14.4. The molecule has 308 valence electrons. The highest BCUT2D eigenvalue weighted by Crippen LogP contribution is 2.52. The molecule has 0 aliphatic carbocycles. The molecule has 0 fully saturated rings. The molecular formula is C50H62N2O6. The average Bonchev–Trinajstić information content (AvgIpc) is 3.23. The minimum absolute atomic E-state index is 0.276. The van der Waals surface area contributed by atoms with Crippen LogP contribution in [0.4, 0.5) is 0 Å². The van der Waals surface area contributed by atoms with Gasteiger partial charge in [0.2, 0.25) is 0 Å². The van der Waals surface area contributed by atoms with Crippen LogP contribution in [0.3, 0.4) is 0 Å². The summed E-state index contributed by atoms with van der Waals surface area (Å²) in [6.45, 7) is 10.3. The first-order chi connectivity index (χ1) is 28.4. The fourth-order valence-corrected chi connectivity index (χ4v) is 9.29. The third kappa shape index (κ3) is 7.76. The molecule has 0 spiro atoms. The quantitative estimate of drug-likeness (QED) is 0.0268. The summed E-state index contributed by atoms with van der Waals surface area (Å²) in [6.07, 6.45) is 18.6. The number of nitrogens with zero attached hydrogens (tertiary/aromatic N) is 2. The highest BCUT2D eigenvalue weighted by molar-refractivity contribution is 6.43. The van der Waals surface area contributed by atoms with Gasteiger partial charge < -0.3 is 9.47 Å². The molecule has 0 radical (unpaired) electrons. The Bertz CT molecular complexity index is 2150. The van der Waals surface area contributed by atoms with E-state index in [1.54, 1.807) is 0 Å². The van der Waals surface area contributed by atoms with Gasteiger partial charge in [0.25, 0.3) is 23.6 Å². The van der Waals surface area contributed by atoms with E-state index in [2.05, 4.69) is 27.7 Å². The van der Waals surface area contributed by atoms with Crippen LogP contribution >= 0.6 is 0 Å². The lowest BCUT2D eigenvalue weighted by atomic mass is 9.81. The number of ether oxygens (including phenoxy) is 2. The van der Waals surface area contributed by atoms with Crippen molar-refractivity contribution in [3.63, 3.8) is 0 Å². The summed E-state index contributed by atoms with van der Waals surface area (Å²) in [5.74, 6) is -0.0101. The molecule has 8 nitrogen and oxygen atoms in total. The number of unbranched alkanes of at least 4 members (excludes halogenated alkanes) is 14. The molecule has 0 aromatic heterocycles. The first-order valence-corrected chi connectivity index (χ1v) is 22.6. The second kappa shape index (κ2) is 18.9. The molecule has 7 rings (SSSR count). The van der Waals surface area contributed by atoms with Gasteiger partial charge in [-0.15, -0.1) is 0 Å². The second-order valence-electron chi connectivity index (χ2n) is 16.6. The van der Waals surface area contributed by atoms with Gasteiger partial charge in [-0.25, -0.2) is 0 Å². The lowest BCUT2D eigenvalue weighted by Crippen LogP contribution is -2.41. The lowest BCUT2D eigenvalue weighted by Gasteiger charge is -2.31. The number of rotatable bonds is 24. The number of carbonyl (C=O) groups is 4. The minimum Gasteiger partial charge on any atom is -0.493 e. The van der Waals surface area contributed by atoms with Crippen molar-refractivity contribution < 1.29 is 28.7 Å². The van der Waals surface area contributed by atoms with Crippen molar-refractivity contribution in [2.45, 2.75) is 143 Å². The second-order valence-corrected chi connectivity index (χ2v) is 16.6. The molecule has 0 saturated carbocycles. The molecule has 2 aliphatic rings. The molecule has 5 aromatic rings. The predicted molar refractivity (Wildman–Crippen MR) is 235 cm³/mol. The van der Waals surface area contributed by atoms with Crippen molar-refractivity contribution in [3.05, 3.63) is 58.7 Å². The Labute approximate surface area is 343 Å².